The second kappa shape index (κ2) is 4.90. The lowest BCUT2D eigenvalue weighted by Crippen LogP contribution is -2.55. The number of rotatable bonds is 2. The van der Waals surface area contributed by atoms with Crippen molar-refractivity contribution in [3.05, 3.63) is 0 Å². The average Bonchev–Trinajstić information content (AvgIpc) is 2.40. The summed E-state index contributed by atoms with van der Waals surface area (Å²) in [5, 5.41) is 0. The lowest BCUT2D eigenvalue weighted by Gasteiger charge is -2.42. The molecule has 1 amide bonds. The van der Waals surface area contributed by atoms with Gasteiger partial charge in [0.15, 0.2) is 0 Å². The van der Waals surface area contributed by atoms with Gasteiger partial charge in [-0.05, 0) is 26.2 Å². The predicted octanol–water partition coefficient (Wildman–Crippen LogP) is 1.08. The number of carbonyl (C=O) groups is 1. The molecule has 17 heavy (non-hydrogen) atoms. The molecule has 1 saturated heterocycles. The number of thiocarbonyl (C=S) groups is 1. The zero-order valence-corrected chi connectivity index (χ0v) is 11.1. The molecule has 5 heteroatoms. The Morgan fingerprint density at radius 3 is 2.71 bits per heavy atom. The molecule has 4 nitrogen and oxygen atoms in total. The van der Waals surface area contributed by atoms with Crippen molar-refractivity contribution in [2.45, 2.75) is 38.7 Å². The molecule has 1 saturated carbocycles. The fourth-order valence-corrected chi connectivity index (χ4v) is 2.87. The Morgan fingerprint density at radius 1 is 1.47 bits per heavy atom. The first-order valence-corrected chi connectivity index (χ1v) is 6.68. The molecule has 0 bridgehead atoms. The number of amides is 1. The topological polar surface area (TPSA) is 55.6 Å². The van der Waals surface area contributed by atoms with Gasteiger partial charge < -0.3 is 15.4 Å². The first-order chi connectivity index (χ1) is 8.06. The van der Waals surface area contributed by atoms with E-state index in [1.54, 1.807) is 0 Å². The first kappa shape index (κ1) is 12.8. The second-order valence-corrected chi connectivity index (χ2v) is 5.53. The molecule has 1 atom stereocenters. The molecule has 1 heterocycles. The van der Waals surface area contributed by atoms with Crippen molar-refractivity contribution >= 4 is 23.1 Å². The molecule has 0 spiro atoms. The molecule has 2 rings (SSSR count). The van der Waals surface area contributed by atoms with Crippen molar-refractivity contribution in [1.29, 1.82) is 0 Å². The van der Waals surface area contributed by atoms with Gasteiger partial charge in [-0.25, -0.2) is 0 Å². The van der Waals surface area contributed by atoms with Crippen LogP contribution in [0.4, 0.5) is 0 Å². The van der Waals surface area contributed by atoms with Gasteiger partial charge in [0.1, 0.15) is 0 Å². The van der Waals surface area contributed by atoms with Gasteiger partial charge in [0.05, 0.1) is 16.5 Å². The maximum atomic E-state index is 12.5. The molecule has 2 N–H and O–H groups in total. The number of hydrogen-bond acceptors (Lipinski definition) is 3. The van der Waals surface area contributed by atoms with Crippen LogP contribution in [0.3, 0.4) is 0 Å². The SMILES string of the molecule is CC1CN(C(=O)C2(C(N)=S)CCC2)CCCO1. The van der Waals surface area contributed by atoms with Crippen LogP contribution in [0.2, 0.25) is 0 Å². The van der Waals surface area contributed by atoms with Gasteiger partial charge >= 0.3 is 0 Å². The van der Waals surface area contributed by atoms with Crippen LogP contribution in [0.5, 0.6) is 0 Å². The van der Waals surface area contributed by atoms with Crippen molar-refractivity contribution in [3.8, 4) is 0 Å². The fourth-order valence-electron chi connectivity index (χ4n) is 2.58. The van der Waals surface area contributed by atoms with E-state index in [1.807, 2.05) is 11.8 Å². The van der Waals surface area contributed by atoms with E-state index in [0.29, 0.717) is 11.5 Å². The van der Waals surface area contributed by atoms with Crippen LogP contribution in [0, 0.1) is 5.41 Å². The molecule has 1 aliphatic carbocycles. The third-order valence-corrected chi connectivity index (χ3v) is 4.22. The second-order valence-electron chi connectivity index (χ2n) is 5.09. The van der Waals surface area contributed by atoms with Crippen LogP contribution in [0.25, 0.3) is 0 Å². The zero-order chi connectivity index (χ0) is 12.5. The maximum Gasteiger partial charge on any atom is 0.235 e. The van der Waals surface area contributed by atoms with E-state index in [2.05, 4.69) is 0 Å². The minimum absolute atomic E-state index is 0.102. The number of nitrogens with two attached hydrogens (primary N) is 1. The Hall–Kier alpha value is -0.680. The van der Waals surface area contributed by atoms with Crippen LogP contribution in [-0.2, 0) is 9.53 Å². The lowest BCUT2D eigenvalue weighted by atomic mass is 9.67. The van der Waals surface area contributed by atoms with Crippen LogP contribution in [-0.4, -0.2) is 41.6 Å². The average molecular weight is 256 g/mol. The van der Waals surface area contributed by atoms with Gasteiger partial charge in [-0.1, -0.05) is 18.6 Å². The van der Waals surface area contributed by atoms with Gasteiger partial charge in [0.25, 0.3) is 0 Å². The maximum absolute atomic E-state index is 12.5. The summed E-state index contributed by atoms with van der Waals surface area (Å²) in [6, 6.07) is 0. The number of nitrogens with zero attached hydrogens (tertiary/aromatic N) is 1. The number of carbonyl (C=O) groups excluding carboxylic acids is 1. The quantitative estimate of drug-likeness (QED) is 0.751. The van der Waals surface area contributed by atoms with E-state index in [9.17, 15) is 4.79 Å². The first-order valence-electron chi connectivity index (χ1n) is 6.27. The number of hydrogen-bond donors (Lipinski definition) is 1. The minimum Gasteiger partial charge on any atom is -0.392 e. The number of ether oxygens (including phenoxy) is 1. The highest BCUT2D eigenvalue weighted by molar-refractivity contribution is 7.80. The van der Waals surface area contributed by atoms with Gasteiger partial charge in [-0.15, -0.1) is 0 Å². The van der Waals surface area contributed by atoms with Crippen molar-refractivity contribution < 1.29 is 9.53 Å². The Kier molecular flexibility index (Phi) is 3.68. The Labute approximate surface area is 107 Å². The summed E-state index contributed by atoms with van der Waals surface area (Å²) in [7, 11) is 0. The molecule has 1 aliphatic heterocycles. The summed E-state index contributed by atoms with van der Waals surface area (Å²) in [6.07, 6.45) is 3.66. The standard InChI is InChI=1S/C12H20N2O2S/c1-9-8-14(6-3-7-16-9)11(15)12(10(13)17)4-2-5-12/h9H,2-8H2,1H3,(H2,13,17). The molecule has 96 valence electrons. The van der Waals surface area contributed by atoms with Crippen molar-refractivity contribution in [3.63, 3.8) is 0 Å². The normalized spacial score (nSPS) is 28.1. The third kappa shape index (κ3) is 2.31. The predicted molar refractivity (Wildman–Crippen MR) is 69.7 cm³/mol. The molecule has 0 radical (unpaired) electrons. The van der Waals surface area contributed by atoms with Crippen LogP contribution in [0.15, 0.2) is 0 Å². The van der Waals surface area contributed by atoms with E-state index in [0.717, 1.165) is 38.8 Å². The van der Waals surface area contributed by atoms with E-state index >= 15 is 0 Å². The van der Waals surface area contributed by atoms with Gasteiger partial charge in [0, 0.05) is 19.7 Å². The summed E-state index contributed by atoms with van der Waals surface area (Å²) in [4.78, 5) is 14.8. The third-order valence-electron chi connectivity index (χ3n) is 3.83. The molecule has 0 aromatic carbocycles. The minimum atomic E-state index is -0.542. The molecule has 2 aliphatic rings. The molecule has 2 fully saturated rings. The van der Waals surface area contributed by atoms with E-state index < -0.39 is 5.41 Å². The highest BCUT2D eigenvalue weighted by atomic mass is 32.1. The summed E-state index contributed by atoms with van der Waals surface area (Å²) in [6.45, 7) is 4.14. The van der Waals surface area contributed by atoms with Crippen LogP contribution in [0.1, 0.15) is 32.6 Å². The Balaban J connectivity index is 2.10. The molecular weight excluding hydrogens is 236 g/mol. The summed E-state index contributed by atoms with van der Waals surface area (Å²) in [5.41, 5.74) is 5.22. The van der Waals surface area contributed by atoms with Crippen LogP contribution >= 0.6 is 12.2 Å². The molecule has 0 aromatic heterocycles. The van der Waals surface area contributed by atoms with Crippen molar-refractivity contribution in [1.82, 2.24) is 4.90 Å². The zero-order valence-electron chi connectivity index (χ0n) is 10.3. The Morgan fingerprint density at radius 2 is 2.18 bits per heavy atom. The van der Waals surface area contributed by atoms with Crippen molar-refractivity contribution in [2.75, 3.05) is 19.7 Å². The smallest absolute Gasteiger partial charge is 0.235 e. The van der Waals surface area contributed by atoms with Crippen molar-refractivity contribution in [2.24, 2.45) is 11.1 Å². The largest absolute Gasteiger partial charge is 0.392 e. The van der Waals surface area contributed by atoms with Gasteiger partial charge in [-0.2, -0.15) is 0 Å². The van der Waals surface area contributed by atoms with Gasteiger partial charge in [0.2, 0.25) is 5.91 Å². The fraction of sp³-hybridized carbons (Fsp3) is 0.833. The van der Waals surface area contributed by atoms with E-state index in [4.69, 9.17) is 22.7 Å². The van der Waals surface area contributed by atoms with Crippen LogP contribution < -0.4 is 5.73 Å². The summed E-state index contributed by atoms with van der Waals surface area (Å²) in [5.74, 6) is 0.119. The van der Waals surface area contributed by atoms with Gasteiger partial charge in [-0.3, -0.25) is 4.79 Å². The van der Waals surface area contributed by atoms with E-state index in [-0.39, 0.29) is 12.0 Å². The summed E-state index contributed by atoms with van der Waals surface area (Å²) < 4.78 is 5.55. The molecule has 1 unspecified atom stereocenters. The highest BCUT2D eigenvalue weighted by Gasteiger charge is 2.49. The monoisotopic (exact) mass is 256 g/mol. The highest BCUT2D eigenvalue weighted by Crippen LogP contribution is 2.43. The lowest BCUT2D eigenvalue weighted by molar-refractivity contribution is -0.142. The summed E-state index contributed by atoms with van der Waals surface area (Å²) >= 11 is 5.09. The van der Waals surface area contributed by atoms with E-state index in [1.165, 1.54) is 0 Å². The Bertz CT molecular complexity index is 328. The molecular formula is C12H20N2O2S. The molecule has 0 aromatic rings.